The molecule has 0 amide bonds. The normalized spacial score (nSPS) is 33.2. The fraction of sp³-hybridized carbons (Fsp3) is 0.667. The van der Waals surface area contributed by atoms with Gasteiger partial charge in [-0.25, -0.2) is 0 Å². The fourth-order valence-electron chi connectivity index (χ4n) is 4.40. The summed E-state index contributed by atoms with van der Waals surface area (Å²) in [6.07, 6.45) is 10.7. The molecule has 0 aromatic rings. The SMILES string of the molecule is C=C(C)C/C=C\B1CC2(C)C=C(OCC)CC(C)(C1)C2. The van der Waals surface area contributed by atoms with Crippen molar-refractivity contribution in [2.75, 3.05) is 6.61 Å². The van der Waals surface area contributed by atoms with E-state index in [9.17, 15) is 0 Å². The number of hydrogen-bond acceptors (Lipinski definition) is 1. The minimum Gasteiger partial charge on any atom is -0.499 e. The Bertz CT molecular complexity index is 437. The third-order valence-corrected chi connectivity index (χ3v) is 4.63. The summed E-state index contributed by atoms with van der Waals surface area (Å²) in [7, 11) is 0. The Hall–Kier alpha value is -0.915. The van der Waals surface area contributed by atoms with Gasteiger partial charge in [-0.2, -0.15) is 0 Å². The van der Waals surface area contributed by atoms with E-state index in [2.05, 4.69) is 52.4 Å². The highest BCUT2D eigenvalue weighted by Crippen LogP contribution is 2.55. The molecule has 1 aliphatic carbocycles. The van der Waals surface area contributed by atoms with E-state index in [0.717, 1.165) is 19.4 Å². The first kappa shape index (κ1) is 15.5. The summed E-state index contributed by atoms with van der Waals surface area (Å²) < 4.78 is 5.83. The molecule has 0 spiro atoms. The molecule has 2 atom stereocenters. The van der Waals surface area contributed by atoms with Crippen LogP contribution in [0.15, 0.2) is 36.0 Å². The zero-order chi connectivity index (χ0) is 14.8. The van der Waals surface area contributed by atoms with Gasteiger partial charge in [-0.1, -0.05) is 44.7 Å². The highest BCUT2D eigenvalue weighted by Gasteiger charge is 2.46. The Labute approximate surface area is 125 Å². The van der Waals surface area contributed by atoms with E-state index in [1.807, 2.05) is 0 Å². The molecule has 0 saturated carbocycles. The number of hydrogen-bond donors (Lipinski definition) is 0. The van der Waals surface area contributed by atoms with Gasteiger partial charge in [-0.3, -0.25) is 0 Å². The summed E-state index contributed by atoms with van der Waals surface area (Å²) in [5.74, 6) is 3.66. The van der Waals surface area contributed by atoms with Crippen molar-refractivity contribution >= 4 is 6.71 Å². The molecule has 1 heterocycles. The summed E-state index contributed by atoms with van der Waals surface area (Å²) in [6.45, 7) is 14.5. The van der Waals surface area contributed by atoms with Crippen LogP contribution in [0.5, 0.6) is 0 Å². The fourth-order valence-corrected chi connectivity index (χ4v) is 4.40. The maximum absolute atomic E-state index is 5.83. The van der Waals surface area contributed by atoms with Gasteiger partial charge in [0, 0.05) is 6.42 Å². The van der Waals surface area contributed by atoms with Crippen molar-refractivity contribution in [3.63, 3.8) is 0 Å². The lowest BCUT2D eigenvalue weighted by molar-refractivity contribution is 0.122. The highest BCUT2D eigenvalue weighted by atomic mass is 16.5. The first-order valence-corrected chi connectivity index (χ1v) is 8.00. The van der Waals surface area contributed by atoms with E-state index in [-0.39, 0.29) is 0 Å². The molecule has 0 aromatic carbocycles. The summed E-state index contributed by atoms with van der Waals surface area (Å²) in [4.78, 5) is 0. The predicted molar refractivity (Wildman–Crippen MR) is 89.1 cm³/mol. The number of ether oxygens (including phenoxy) is 1. The topological polar surface area (TPSA) is 9.23 Å². The predicted octanol–water partition coefficient (Wildman–Crippen LogP) is 5.28. The molecule has 2 unspecified atom stereocenters. The summed E-state index contributed by atoms with van der Waals surface area (Å²) in [6, 6.07) is 0. The van der Waals surface area contributed by atoms with Gasteiger partial charge in [0.15, 0.2) is 6.71 Å². The molecule has 1 nitrogen and oxygen atoms in total. The zero-order valence-corrected chi connectivity index (χ0v) is 13.7. The van der Waals surface area contributed by atoms with E-state index in [1.165, 1.54) is 30.4 Å². The monoisotopic (exact) mass is 272 g/mol. The van der Waals surface area contributed by atoms with Gasteiger partial charge in [0.1, 0.15) is 0 Å². The van der Waals surface area contributed by atoms with E-state index in [1.54, 1.807) is 0 Å². The van der Waals surface area contributed by atoms with Gasteiger partial charge >= 0.3 is 0 Å². The first-order chi connectivity index (χ1) is 9.34. The molecule has 0 N–H and O–H groups in total. The molecule has 2 aliphatic rings. The maximum atomic E-state index is 5.83. The second kappa shape index (κ2) is 5.83. The number of rotatable bonds is 5. The lowest BCUT2D eigenvalue weighted by Gasteiger charge is -2.49. The molecule has 1 fully saturated rings. The van der Waals surface area contributed by atoms with Crippen LogP contribution in [0, 0.1) is 10.8 Å². The molecule has 2 rings (SSSR count). The van der Waals surface area contributed by atoms with Gasteiger partial charge in [0.05, 0.1) is 12.4 Å². The van der Waals surface area contributed by atoms with Crippen molar-refractivity contribution in [1.82, 2.24) is 0 Å². The van der Waals surface area contributed by atoms with Crippen molar-refractivity contribution in [3.05, 3.63) is 36.0 Å². The molecule has 2 bridgehead atoms. The van der Waals surface area contributed by atoms with Crippen LogP contribution < -0.4 is 0 Å². The number of fused-ring (bicyclic) bond motifs is 2. The molecule has 1 saturated heterocycles. The minimum absolute atomic E-state index is 0.313. The molecule has 0 aromatic heterocycles. The van der Waals surface area contributed by atoms with Crippen molar-refractivity contribution in [3.8, 4) is 0 Å². The molecule has 1 aliphatic heterocycles. The average molecular weight is 272 g/mol. The first-order valence-electron chi connectivity index (χ1n) is 8.00. The number of allylic oxidation sites excluding steroid dienone is 4. The molecule has 2 heteroatoms. The largest absolute Gasteiger partial charge is 0.499 e. The van der Waals surface area contributed by atoms with Crippen LogP contribution in [0.1, 0.15) is 47.0 Å². The summed E-state index contributed by atoms with van der Waals surface area (Å²) in [5.41, 5.74) is 1.96. The van der Waals surface area contributed by atoms with Crippen molar-refractivity contribution in [1.29, 1.82) is 0 Å². The van der Waals surface area contributed by atoms with Crippen LogP contribution in [-0.2, 0) is 4.74 Å². The molecule has 110 valence electrons. The maximum Gasteiger partial charge on any atom is 0.167 e. The van der Waals surface area contributed by atoms with Crippen LogP contribution in [0.4, 0.5) is 0 Å². The quantitative estimate of drug-likeness (QED) is 0.488. The Morgan fingerprint density at radius 1 is 1.45 bits per heavy atom. The van der Waals surface area contributed by atoms with Gasteiger partial charge in [-0.15, -0.1) is 5.98 Å². The molecular weight excluding hydrogens is 243 g/mol. The lowest BCUT2D eigenvalue weighted by atomic mass is 9.31. The van der Waals surface area contributed by atoms with Gasteiger partial charge in [0.2, 0.25) is 0 Å². The van der Waals surface area contributed by atoms with Gasteiger partial charge < -0.3 is 4.74 Å². The Kier molecular flexibility index (Phi) is 4.51. The van der Waals surface area contributed by atoms with Crippen molar-refractivity contribution in [2.24, 2.45) is 10.8 Å². The smallest absolute Gasteiger partial charge is 0.167 e. The Morgan fingerprint density at radius 3 is 2.80 bits per heavy atom. The van der Waals surface area contributed by atoms with Crippen molar-refractivity contribution in [2.45, 2.75) is 59.6 Å². The third-order valence-electron chi connectivity index (χ3n) is 4.63. The van der Waals surface area contributed by atoms with Crippen LogP contribution in [0.25, 0.3) is 0 Å². The van der Waals surface area contributed by atoms with Crippen LogP contribution in [-0.4, -0.2) is 13.3 Å². The Balaban J connectivity index is 2.11. The molecular formula is C18H29BO. The van der Waals surface area contributed by atoms with E-state index in [0.29, 0.717) is 17.5 Å². The summed E-state index contributed by atoms with van der Waals surface area (Å²) >= 11 is 0. The standard InChI is InChI=1S/C18H29BO/c1-6-20-16-10-17(4)12-18(5,11-16)14-19(13-17)9-7-8-15(2)3/h7,9-10H,2,6,8,11-14H2,1,3-5H3/b9-7-. The van der Waals surface area contributed by atoms with Gasteiger partial charge in [-0.05, 0) is 43.6 Å². The van der Waals surface area contributed by atoms with E-state index in [4.69, 9.17) is 4.74 Å². The third kappa shape index (κ3) is 3.80. The summed E-state index contributed by atoms with van der Waals surface area (Å²) in [5, 5.41) is 0. The van der Waals surface area contributed by atoms with Crippen LogP contribution in [0.2, 0.25) is 12.6 Å². The second-order valence-electron chi connectivity index (χ2n) is 7.62. The molecule has 20 heavy (non-hydrogen) atoms. The van der Waals surface area contributed by atoms with Crippen LogP contribution >= 0.6 is 0 Å². The van der Waals surface area contributed by atoms with E-state index >= 15 is 0 Å². The van der Waals surface area contributed by atoms with Crippen LogP contribution in [0.3, 0.4) is 0 Å². The highest BCUT2D eigenvalue weighted by molar-refractivity contribution is 6.64. The Morgan fingerprint density at radius 2 is 2.20 bits per heavy atom. The van der Waals surface area contributed by atoms with E-state index < -0.39 is 0 Å². The zero-order valence-electron chi connectivity index (χ0n) is 13.7. The second-order valence-corrected chi connectivity index (χ2v) is 7.62. The lowest BCUT2D eigenvalue weighted by Crippen LogP contribution is -2.42. The van der Waals surface area contributed by atoms with Gasteiger partial charge in [0.25, 0.3) is 0 Å². The molecule has 0 radical (unpaired) electrons. The average Bonchev–Trinajstić information content (AvgIpc) is 2.24. The minimum atomic E-state index is 0.313. The van der Waals surface area contributed by atoms with Crippen molar-refractivity contribution < 1.29 is 4.74 Å².